The Morgan fingerprint density at radius 3 is 2.58 bits per heavy atom. The summed E-state index contributed by atoms with van der Waals surface area (Å²) in [4.78, 5) is 8.60. The molecule has 0 unspecified atom stereocenters. The van der Waals surface area contributed by atoms with Gasteiger partial charge in [-0.25, -0.2) is 9.67 Å². The molecule has 26 heavy (non-hydrogen) atoms. The second-order valence-electron chi connectivity index (χ2n) is 5.60. The second-order valence-corrected chi connectivity index (χ2v) is 5.60. The zero-order valence-corrected chi connectivity index (χ0v) is 14.9. The number of hydrogen-bond donors (Lipinski definition) is 2. The number of guanidine groups is 1. The summed E-state index contributed by atoms with van der Waals surface area (Å²) in [6, 6.07) is 13.8. The molecular formula is C19H22N6O. The number of aromatic nitrogens is 3. The van der Waals surface area contributed by atoms with Crippen molar-refractivity contribution in [1.29, 1.82) is 0 Å². The maximum atomic E-state index is 5.25. The lowest BCUT2D eigenvalue weighted by Crippen LogP contribution is -2.36. The monoisotopic (exact) mass is 350 g/mol. The smallest absolute Gasteiger partial charge is 0.191 e. The first kappa shape index (κ1) is 17.5. The van der Waals surface area contributed by atoms with Gasteiger partial charge in [0.2, 0.25) is 0 Å². The van der Waals surface area contributed by atoms with E-state index in [2.05, 4.69) is 25.7 Å². The van der Waals surface area contributed by atoms with Crippen molar-refractivity contribution >= 4 is 5.96 Å². The summed E-state index contributed by atoms with van der Waals surface area (Å²) in [5.74, 6) is 2.36. The molecule has 2 N–H and O–H groups in total. The van der Waals surface area contributed by atoms with Crippen molar-refractivity contribution < 1.29 is 4.74 Å². The van der Waals surface area contributed by atoms with Gasteiger partial charge in [0, 0.05) is 38.7 Å². The lowest BCUT2D eigenvalue weighted by Gasteiger charge is -2.13. The number of rotatable bonds is 6. The van der Waals surface area contributed by atoms with Crippen molar-refractivity contribution in [2.75, 3.05) is 14.2 Å². The van der Waals surface area contributed by atoms with Crippen LogP contribution in [0.2, 0.25) is 0 Å². The van der Waals surface area contributed by atoms with E-state index < -0.39 is 0 Å². The fourth-order valence-electron chi connectivity index (χ4n) is 2.47. The molecular weight excluding hydrogens is 328 g/mol. The van der Waals surface area contributed by atoms with Gasteiger partial charge in [0.15, 0.2) is 11.8 Å². The minimum absolute atomic E-state index is 0.634. The van der Waals surface area contributed by atoms with Crippen LogP contribution in [0.15, 0.2) is 66.0 Å². The Kier molecular flexibility index (Phi) is 5.82. The van der Waals surface area contributed by atoms with Crippen LogP contribution < -0.4 is 15.4 Å². The Labute approximate surface area is 152 Å². The van der Waals surface area contributed by atoms with Crippen LogP contribution in [0.5, 0.6) is 5.75 Å². The number of ether oxygens (including phenoxy) is 1. The average molecular weight is 350 g/mol. The highest BCUT2D eigenvalue weighted by Crippen LogP contribution is 2.12. The molecule has 0 aliphatic carbocycles. The molecule has 0 radical (unpaired) electrons. The molecule has 2 aromatic heterocycles. The number of hydrogen-bond acceptors (Lipinski definition) is 4. The Morgan fingerprint density at radius 1 is 1.08 bits per heavy atom. The zero-order chi connectivity index (χ0) is 18.2. The van der Waals surface area contributed by atoms with Crippen LogP contribution in [-0.2, 0) is 13.1 Å². The first-order chi connectivity index (χ1) is 12.8. The van der Waals surface area contributed by atoms with E-state index in [1.165, 1.54) is 0 Å². The average Bonchev–Trinajstić information content (AvgIpc) is 3.23. The van der Waals surface area contributed by atoms with Crippen molar-refractivity contribution in [2.45, 2.75) is 13.1 Å². The largest absolute Gasteiger partial charge is 0.497 e. The third-order valence-corrected chi connectivity index (χ3v) is 3.83. The first-order valence-electron chi connectivity index (χ1n) is 8.31. The van der Waals surface area contributed by atoms with Crippen molar-refractivity contribution in [1.82, 2.24) is 25.4 Å². The summed E-state index contributed by atoms with van der Waals surface area (Å²) in [6.07, 6.45) is 5.38. The third-order valence-electron chi connectivity index (χ3n) is 3.83. The summed E-state index contributed by atoms with van der Waals surface area (Å²) in [5.41, 5.74) is 2.21. The highest BCUT2D eigenvalue weighted by molar-refractivity contribution is 5.79. The standard InChI is InChI=1S/C19H22N6O/c1-20-19(22-13-15-5-3-6-17(11-15)26-2)23-14-16-7-9-21-18(12-16)25-10-4-8-24-25/h3-12H,13-14H2,1-2H3,(H2,20,22,23). The molecule has 0 aliphatic heterocycles. The van der Waals surface area contributed by atoms with Crippen molar-refractivity contribution in [3.05, 3.63) is 72.2 Å². The lowest BCUT2D eigenvalue weighted by atomic mass is 10.2. The zero-order valence-electron chi connectivity index (χ0n) is 14.9. The van der Waals surface area contributed by atoms with Gasteiger partial charge in [-0.05, 0) is 41.5 Å². The van der Waals surface area contributed by atoms with Crippen LogP contribution in [0.3, 0.4) is 0 Å². The van der Waals surface area contributed by atoms with E-state index in [0.29, 0.717) is 13.1 Å². The number of nitrogens with zero attached hydrogens (tertiary/aromatic N) is 4. The van der Waals surface area contributed by atoms with Crippen LogP contribution in [0.4, 0.5) is 0 Å². The maximum absolute atomic E-state index is 5.25. The van der Waals surface area contributed by atoms with Crippen molar-refractivity contribution in [2.24, 2.45) is 4.99 Å². The predicted molar refractivity (Wildman–Crippen MR) is 101 cm³/mol. The molecule has 0 saturated heterocycles. The molecule has 0 atom stereocenters. The number of pyridine rings is 1. The molecule has 3 aromatic rings. The van der Waals surface area contributed by atoms with Gasteiger partial charge in [0.1, 0.15) is 5.75 Å². The van der Waals surface area contributed by atoms with Gasteiger partial charge in [-0.3, -0.25) is 4.99 Å². The number of aliphatic imine (C=N–C) groups is 1. The van der Waals surface area contributed by atoms with E-state index in [4.69, 9.17) is 4.74 Å². The Balaban J connectivity index is 1.56. The molecule has 0 aliphatic rings. The van der Waals surface area contributed by atoms with Crippen LogP contribution in [0.25, 0.3) is 5.82 Å². The highest BCUT2D eigenvalue weighted by atomic mass is 16.5. The summed E-state index contributed by atoms with van der Waals surface area (Å²) in [6.45, 7) is 1.29. The quantitative estimate of drug-likeness (QED) is 0.526. The van der Waals surface area contributed by atoms with Gasteiger partial charge in [0.05, 0.1) is 7.11 Å². The van der Waals surface area contributed by atoms with Gasteiger partial charge in [-0.2, -0.15) is 5.10 Å². The molecule has 3 rings (SSSR count). The highest BCUT2D eigenvalue weighted by Gasteiger charge is 2.03. The normalized spacial score (nSPS) is 11.2. The van der Waals surface area contributed by atoms with E-state index in [1.807, 2.05) is 48.7 Å². The van der Waals surface area contributed by atoms with Crippen LogP contribution >= 0.6 is 0 Å². The molecule has 2 heterocycles. The second kappa shape index (κ2) is 8.66. The molecule has 7 nitrogen and oxygen atoms in total. The molecule has 0 spiro atoms. The van der Waals surface area contributed by atoms with Gasteiger partial charge in [-0.15, -0.1) is 0 Å². The molecule has 0 saturated carbocycles. The molecule has 1 aromatic carbocycles. The van der Waals surface area contributed by atoms with E-state index in [0.717, 1.165) is 28.7 Å². The molecule has 7 heteroatoms. The SMILES string of the molecule is CN=C(NCc1cccc(OC)c1)NCc1ccnc(-n2cccn2)c1. The van der Waals surface area contributed by atoms with Crippen LogP contribution in [0.1, 0.15) is 11.1 Å². The fraction of sp³-hybridized carbons (Fsp3) is 0.211. The minimum Gasteiger partial charge on any atom is -0.497 e. The molecule has 0 amide bonds. The Hall–Kier alpha value is -3.35. The van der Waals surface area contributed by atoms with E-state index >= 15 is 0 Å². The molecule has 0 fully saturated rings. The maximum Gasteiger partial charge on any atom is 0.191 e. The first-order valence-corrected chi connectivity index (χ1v) is 8.31. The van der Waals surface area contributed by atoms with Gasteiger partial charge >= 0.3 is 0 Å². The van der Waals surface area contributed by atoms with Gasteiger partial charge in [0.25, 0.3) is 0 Å². The van der Waals surface area contributed by atoms with Crippen molar-refractivity contribution in [3.8, 4) is 11.6 Å². The van der Waals surface area contributed by atoms with E-state index in [-0.39, 0.29) is 0 Å². The number of nitrogens with one attached hydrogen (secondary N) is 2. The van der Waals surface area contributed by atoms with E-state index in [9.17, 15) is 0 Å². The van der Waals surface area contributed by atoms with Gasteiger partial charge < -0.3 is 15.4 Å². The predicted octanol–water partition coefficient (Wildman–Crippen LogP) is 2.14. The summed E-state index contributed by atoms with van der Waals surface area (Å²) in [7, 11) is 3.42. The molecule has 0 bridgehead atoms. The van der Waals surface area contributed by atoms with Crippen molar-refractivity contribution in [3.63, 3.8) is 0 Å². The summed E-state index contributed by atoms with van der Waals surface area (Å²) >= 11 is 0. The topological polar surface area (TPSA) is 76.4 Å². The summed E-state index contributed by atoms with van der Waals surface area (Å²) in [5, 5.41) is 10.8. The fourth-order valence-corrected chi connectivity index (χ4v) is 2.47. The lowest BCUT2D eigenvalue weighted by molar-refractivity contribution is 0.414. The Morgan fingerprint density at radius 2 is 1.88 bits per heavy atom. The number of methoxy groups -OCH3 is 1. The van der Waals surface area contributed by atoms with Crippen LogP contribution in [0, 0.1) is 0 Å². The third kappa shape index (κ3) is 4.60. The minimum atomic E-state index is 0.634. The summed E-state index contributed by atoms with van der Waals surface area (Å²) < 4.78 is 6.98. The van der Waals surface area contributed by atoms with Gasteiger partial charge in [-0.1, -0.05) is 12.1 Å². The Bertz CT molecular complexity index is 860. The molecule has 134 valence electrons. The number of benzene rings is 1. The van der Waals surface area contributed by atoms with E-state index in [1.54, 1.807) is 31.2 Å². The van der Waals surface area contributed by atoms with Crippen LogP contribution in [-0.4, -0.2) is 34.9 Å².